The van der Waals surface area contributed by atoms with Gasteiger partial charge < -0.3 is 4.42 Å². The zero-order valence-electron chi connectivity index (χ0n) is 9.66. The number of nitrogens with two attached hydrogens (primary N) is 1. The number of amides is 1. The molecule has 1 atom stereocenters. The Morgan fingerprint density at radius 2 is 2.11 bits per heavy atom. The Morgan fingerprint density at radius 1 is 1.39 bits per heavy atom. The van der Waals surface area contributed by atoms with Crippen LogP contribution in [-0.2, 0) is 4.79 Å². The third kappa shape index (κ3) is 2.88. The molecule has 2 rings (SSSR count). The van der Waals surface area contributed by atoms with Gasteiger partial charge in [0.2, 0.25) is 5.89 Å². The van der Waals surface area contributed by atoms with E-state index in [9.17, 15) is 4.79 Å². The summed E-state index contributed by atoms with van der Waals surface area (Å²) in [4.78, 5) is 11.8. The smallest absolute Gasteiger partial charge is 0.277 e. The molecule has 18 heavy (non-hydrogen) atoms. The number of benzene rings is 1. The molecule has 0 saturated carbocycles. The highest BCUT2D eigenvalue weighted by molar-refractivity contribution is 8.00. The number of hydrogen-bond donors (Lipinski definition) is 2. The van der Waals surface area contributed by atoms with Crippen LogP contribution < -0.4 is 11.3 Å². The number of nitrogens with zero attached hydrogens (tertiary/aromatic N) is 2. The minimum absolute atomic E-state index is 0.318. The maximum Gasteiger partial charge on any atom is 0.277 e. The number of aryl methyl sites for hydroxylation is 1. The van der Waals surface area contributed by atoms with Gasteiger partial charge in [-0.25, -0.2) is 5.84 Å². The summed E-state index contributed by atoms with van der Waals surface area (Å²) < 4.78 is 5.25. The Balaban J connectivity index is 2.24. The lowest BCUT2D eigenvalue weighted by molar-refractivity contribution is -0.120. The van der Waals surface area contributed by atoms with E-state index >= 15 is 0 Å². The molecule has 7 heteroatoms. The molecule has 1 amide bonds. The highest BCUT2D eigenvalue weighted by Crippen LogP contribution is 2.34. The molecule has 6 nitrogen and oxygen atoms in total. The maximum absolute atomic E-state index is 11.8. The van der Waals surface area contributed by atoms with Gasteiger partial charge in [0.25, 0.3) is 11.1 Å². The van der Waals surface area contributed by atoms with Gasteiger partial charge in [0, 0.05) is 6.92 Å². The molecule has 0 bridgehead atoms. The lowest BCUT2D eigenvalue weighted by Gasteiger charge is -2.12. The van der Waals surface area contributed by atoms with Crippen molar-refractivity contribution in [2.45, 2.75) is 17.4 Å². The molecule has 0 radical (unpaired) electrons. The van der Waals surface area contributed by atoms with Crippen LogP contribution in [0.4, 0.5) is 0 Å². The minimum Gasteiger partial charge on any atom is -0.416 e. The van der Waals surface area contributed by atoms with Crippen LogP contribution in [0.15, 0.2) is 40.0 Å². The van der Waals surface area contributed by atoms with E-state index in [4.69, 9.17) is 10.3 Å². The Bertz CT molecular complexity index is 529. The lowest BCUT2D eigenvalue weighted by Crippen LogP contribution is -2.33. The first kappa shape index (κ1) is 12.6. The van der Waals surface area contributed by atoms with E-state index in [-0.39, 0.29) is 5.91 Å². The first-order valence-corrected chi connectivity index (χ1v) is 6.11. The average Bonchev–Trinajstić information content (AvgIpc) is 2.82. The number of hydrogen-bond acceptors (Lipinski definition) is 6. The van der Waals surface area contributed by atoms with Crippen LogP contribution in [-0.4, -0.2) is 16.1 Å². The van der Waals surface area contributed by atoms with Crippen molar-refractivity contribution in [3.8, 4) is 0 Å². The monoisotopic (exact) mass is 264 g/mol. The van der Waals surface area contributed by atoms with E-state index in [1.54, 1.807) is 6.92 Å². The van der Waals surface area contributed by atoms with Crippen LogP contribution in [0.5, 0.6) is 0 Å². The summed E-state index contributed by atoms with van der Waals surface area (Å²) >= 11 is 1.16. The first-order valence-electron chi connectivity index (χ1n) is 5.23. The van der Waals surface area contributed by atoms with E-state index < -0.39 is 5.25 Å². The molecule has 1 aromatic carbocycles. The molecule has 0 fully saturated rings. The molecule has 0 aliphatic heterocycles. The molecule has 1 aromatic heterocycles. The van der Waals surface area contributed by atoms with Gasteiger partial charge in [0.05, 0.1) is 0 Å². The van der Waals surface area contributed by atoms with E-state index in [1.807, 2.05) is 30.3 Å². The van der Waals surface area contributed by atoms with Gasteiger partial charge in [0.15, 0.2) is 0 Å². The van der Waals surface area contributed by atoms with Crippen molar-refractivity contribution in [3.05, 3.63) is 41.8 Å². The van der Waals surface area contributed by atoms with Crippen LogP contribution in [0.2, 0.25) is 0 Å². The van der Waals surface area contributed by atoms with E-state index in [0.29, 0.717) is 11.1 Å². The summed E-state index contributed by atoms with van der Waals surface area (Å²) in [6.45, 7) is 1.69. The minimum atomic E-state index is -0.518. The maximum atomic E-state index is 11.8. The van der Waals surface area contributed by atoms with Gasteiger partial charge in [-0.3, -0.25) is 10.2 Å². The average molecular weight is 264 g/mol. The highest BCUT2D eigenvalue weighted by atomic mass is 32.2. The van der Waals surface area contributed by atoms with Crippen molar-refractivity contribution in [1.29, 1.82) is 0 Å². The predicted molar refractivity (Wildman–Crippen MR) is 66.4 cm³/mol. The normalized spacial score (nSPS) is 12.1. The summed E-state index contributed by atoms with van der Waals surface area (Å²) in [6, 6.07) is 9.27. The van der Waals surface area contributed by atoms with E-state index in [0.717, 1.165) is 17.3 Å². The fourth-order valence-corrected chi connectivity index (χ4v) is 2.33. The standard InChI is InChI=1S/C11H12N4O2S/c1-7-14-15-11(17-7)18-9(10(16)13-12)8-5-3-2-4-6-8/h2-6,9H,12H2,1H3,(H,13,16). The van der Waals surface area contributed by atoms with Crippen LogP contribution in [0.25, 0.3) is 0 Å². The van der Waals surface area contributed by atoms with Gasteiger partial charge >= 0.3 is 0 Å². The Hall–Kier alpha value is -1.86. The number of carbonyl (C=O) groups excluding carboxylic acids is 1. The number of rotatable bonds is 4. The fourth-order valence-electron chi connectivity index (χ4n) is 1.40. The quantitative estimate of drug-likeness (QED) is 0.373. The highest BCUT2D eigenvalue weighted by Gasteiger charge is 2.23. The number of carbonyl (C=O) groups is 1. The fraction of sp³-hybridized carbons (Fsp3) is 0.182. The number of nitrogens with one attached hydrogen (secondary N) is 1. The van der Waals surface area contributed by atoms with E-state index in [1.165, 1.54) is 0 Å². The van der Waals surface area contributed by atoms with Crippen LogP contribution in [0, 0.1) is 6.92 Å². The molecule has 1 unspecified atom stereocenters. The summed E-state index contributed by atoms with van der Waals surface area (Å²) in [6.07, 6.45) is 0. The van der Waals surface area contributed by atoms with Gasteiger partial charge in [0.1, 0.15) is 5.25 Å². The summed E-state index contributed by atoms with van der Waals surface area (Å²) in [5, 5.41) is 7.39. The van der Waals surface area contributed by atoms with Crippen molar-refractivity contribution < 1.29 is 9.21 Å². The number of hydrazine groups is 1. The molecular weight excluding hydrogens is 252 g/mol. The van der Waals surface area contributed by atoms with Crippen molar-refractivity contribution in [2.24, 2.45) is 5.84 Å². The summed E-state index contributed by atoms with van der Waals surface area (Å²) in [5.41, 5.74) is 2.96. The Kier molecular flexibility index (Phi) is 3.96. The van der Waals surface area contributed by atoms with Crippen LogP contribution in [0.1, 0.15) is 16.7 Å². The molecule has 1 heterocycles. The third-order valence-electron chi connectivity index (χ3n) is 2.21. The molecule has 0 aliphatic rings. The van der Waals surface area contributed by atoms with Gasteiger partial charge in [-0.1, -0.05) is 30.3 Å². The van der Waals surface area contributed by atoms with Gasteiger partial charge in [-0.05, 0) is 17.3 Å². The topological polar surface area (TPSA) is 94.0 Å². The third-order valence-corrected chi connectivity index (χ3v) is 3.30. The number of aromatic nitrogens is 2. The van der Waals surface area contributed by atoms with Crippen molar-refractivity contribution in [1.82, 2.24) is 15.6 Å². The van der Waals surface area contributed by atoms with E-state index in [2.05, 4.69) is 15.6 Å². The number of thioether (sulfide) groups is 1. The van der Waals surface area contributed by atoms with Gasteiger partial charge in [-0.15, -0.1) is 10.2 Å². The summed E-state index contributed by atoms with van der Waals surface area (Å²) in [7, 11) is 0. The molecule has 94 valence electrons. The second-order valence-electron chi connectivity index (χ2n) is 3.50. The first-order chi connectivity index (χ1) is 8.70. The molecule has 0 saturated heterocycles. The largest absolute Gasteiger partial charge is 0.416 e. The molecule has 0 spiro atoms. The Labute approximate surface area is 108 Å². The molecule has 2 aromatic rings. The molecule has 0 aliphatic carbocycles. The van der Waals surface area contributed by atoms with Crippen LogP contribution >= 0.6 is 11.8 Å². The van der Waals surface area contributed by atoms with Crippen molar-refractivity contribution in [3.63, 3.8) is 0 Å². The zero-order valence-corrected chi connectivity index (χ0v) is 10.5. The predicted octanol–water partition coefficient (Wildman–Crippen LogP) is 1.20. The molecular formula is C11H12N4O2S. The lowest BCUT2D eigenvalue weighted by atomic mass is 10.1. The molecule has 3 N–H and O–H groups in total. The van der Waals surface area contributed by atoms with Crippen molar-refractivity contribution in [2.75, 3.05) is 0 Å². The van der Waals surface area contributed by atoms with Crippen molar-refractivity contribution >= 4 is 17.7 Å². The SMILES string of the molecule is Cc1nnc(SC(C(=O)NN)c2ccccc2)o1. The Morgan fingerprint density at radius 3 is 2.67 bits per heavy atom. The van der Waals surface area contributed by atoms with Gasteiger partial charge in [-0.2, -0.15) is 0 Å². The van der Waals surface area contributed by atoms with Crippen LogP contribution in [0.3, 0.4) is 0 Å². The second kappa shape index (κ2) is 5.65. The second-order valence-corrected chi connectivity index (χ2v) is 4.56. The summed E-state index contributed by atoms with van der Waals surface area (Å²) in [5.74, 6) is 5.33. The zero-order chi connectivity index (χ0) is 13.0.